The number of thioether (sulfide) groups is 1. The molecule has 0 amide bonds. The van der Waals surface area contributed by atoms with Gasteiger partial charge in [-0.15, -0.1) is 0 Å². The third kappa shape index (κ3) is 8.96. The maximum Gasteiger partial charge on any atom is 0.321 e. The molecule has 5 nitrogen and oxygen atoms in total. The summed E-state index contributed by atoms with van der Waals surface area (Å²) in [5.74, 6) is -0.254. The molecule has 0 aromatic carbocycles. The Kier molecular flexibility index (Phi) is 9.71. The molecule has 0 saturated heterocycles. The quantitative estimate of drug-likeness (QED) is 0.484. The van der Waals surface area contributed by atoms with Crippen LogP contribution in [0, 0.1) is 0 Å². The summed E-state index contributed by atoms with van der Waals surface area (Å²) in [5.41, 5.74) is 5.31. The van der Waals surface area contributed by atoms with Gasteiger partial charge in [0.2, 0.25) is 0 Å². The van der Waals surface area contributed by atoms with E-state index >= 15 is 0 Å². The average Bonchev–Trinajstić information content (AvgIpc) is 2.24. The number of hydrogen-bond acceptors (Lipinski definition) is 5. The van der Waals surface area contributed by atoms with E-state index < -0.39 is 18.1 Å². The van der Waals surface area contributed by atoms with Gasteiger partial charge >= 0.3 is 5.97 Å². The molecule has 6 heteroatoms. The van der Waals surface area contributed by atoms with Crippen LogP contribution in [0.3, 0.4) is 0 Å². The lowest BCUT2D eigenvalue weighted by molar-refractivity contribution is -0.137. The molecule has 2 atom stereocenters. The number of aliphatic hydroxyl groups excluding tert-OH is 1. The van der Waals surface area contributed by atoms with Gasteiger partial charge in [0.05, 0.1) is 12.7 Å². The second-order valence-electron chi connectivity index (χ2n) is 3.56. The van der Waals surface area contributed by atoms with Crippen molar-refractivity contribution in [2.45, 2.75) is 31.9 Å². The van der Waals surface area contributed by atoms with Crippen molar-refractivity contribution >= 4 is 17.7 Å². The van der Waals surface area contributed by atoms with Crippen molar-refractivity contribution < 1.29 is 19.7 Å². The first-order chi connectivity index (χ1) is 7.57. The normalized spacial score (nSPS) is 14.7. The predicted octanol–water partition coefficient (Wildman–Crippen LogP) is 0.309. The average molecular weight is 251 g/mol. The molecule has 0 aromatic rings. The van der Waals surface area contributed by atoms with E-state index in [0.717, 1.165) is 12.8 Å². The number of nitrogens with two attached hydrogens (primary N) is 1. The van der Waals surface area contributed by atoms with E-state index in [9.17, 15) is 9.90 Å². The summed E-state index contributed by atoms with van der Waals surface area (Å²) in [5, 5.41) is 18.0. The number of unbranched alkanes of at least 4 members (excludes halogenated alkanes) is 1. The zero-order chi connectivity index (χ0) is 12.4. The smallest absolute Gasteiger partial charge is 0.321 e. The first kappa shape index (κ1) is 15.7. The fourth-order valence-corrected chi connectivity index (χ4v) is 1.82. The number of carboxylic acid groups (broad SMARTS) is 1. The Hall–Kier alpha value is -0.300. The summed E-state index contributed by atoms with van der Waals surface area (Å²) in [6, 6.07) is -0.863. The number of carboxylic acids is 1. The number of carbonyl (C=O) groups is 1. The Bertz CT molecular complexity index is 192. The summed E-state index contributed by atoms with van der Waals surface area (Å²) in [6.45, 7) is 3.03. The van der Waals surface area contributed by atoms with Crippen LogP contribution in [-0.2, 0) is 9.53 Å². The molecule has 1 unspecified atom stereocenters. The Morgan fingerprint density at radius 3 is 2.75 bits per heavy atom. The van der Waals surface area contributed by atoms with Crippen LogP contribution in [0.15, 0.2) is 0 Å². The minimum absolute atomic E-state index is 0.301. The van der Waals surface area contributed by atoms with Crippen LogP contribution in [0.1, 0.15) is 19.8 Å². The fourth-order valence-electron chi connectivity index (χ4n) is 0.916. The van der Waals surface area contributed by atoms with Crippen LogP contribution in [0.2, 0.25) is 0 Å². The lowest BCUT2D eigenvalue weighted by Gasteiger charge is -2.11. The Morgan fingerprint density at radius 1 is 1.50 bits per heavy atom. The van der Waals surface area contributed by atoms with Gasteiger partial charge in [0, 0.05) is 18.1 Å². The van der Waals surface area contributed by atoms with Gasteiger partial charge in [-0.05, 0) is 6.42 Å². The number of rotatable bonds is 10. The molecule has 16 heavy (non-hydrogen) atoms. The molecule has 0 saturated carbocycles. The highest BCUT2D eigenvalue weighted by Crippen LogP contribution is 2.05. The molecule has 0 rings (SSSR count). The molecule has 4 N–H and O–H groups in total. The highest BCUT2D eigenvalue weighted by molar-refractivity contribution is 7.99. The van der Waals surface area contributed by atoms with Crippen LogP contribution in [0.4, 0.5) is 0 Å². The van der Waals surface area contributed by atoms with Gasteiger partial charge in [-0.3, -0.25) is 4.79 Å². The van der Waals surface area contributed by atoms with E-state index in [4.69, 9.17) is 15.6 Å². The van der Waals surface area contributed by atoms with E-state index in [1.54, 1.807) is 0 Å². The summed E-state index contributed by atoms with van der Waals surface area (Å²) in [6.07, 6.45) is 1.50. The first-order valence-corrected chi connectivity index (χ1v) is 6.55. The second-order valence-corrected chi connectivity index (χ2v) is 4.64. The van der Waals surface area contributed by atoms with Gasteiger partial charge in [0.1, 0.15) is 6.04 Å². The van der Waals surface area contributed by atoms with Crippen LogP contribution in [0.5, 0.6) is 0 Å². The molecule has 0 aliphatic carbocycles. The van der Waals surface area contributed by atoms with E-state index in [1.165, 1.54) is 11.8 Å². The van der Waals surface area contributed by atoms with Gasteiger partial charge in [0.15, 0.2) is 0 Å². The van der Waals surface area contributed by atoms with Gasteiger partial charge in [0.25, 0.3) is 0 Å². The van der Waals surface area contributed by atoms with Crippen LogP contribution < -0.4 is 5.73 Å². The van der Waals surface area contributed by atoms with Crippen molar-refractivity contribution in [3.05, 3.63) is 0 Å². The van der Waals surface area contributed by atoms with Crippen molar-refractivity contribution in [1.82, 2.24) is 0 Å². The minimum atomic E-state index is -1.01. The topological polar surface area (TPSA) is 92.8 Å². The monoisotopic (exact) mass is 251 g/mol. The van der Waals surface area contributed by atoms with Gasteiger partial charge < -0.3 is 20.7 Å². The lowest BCUT2D eigenvalue weighted by Crippen LogP contribution is -2.33. The Balaban J connectivity index is 3.36. The molecular formula is C10H21NO4S. The molecule has 0 aliphatic rings. The van der Waals surface area contributed by atoms with Crippen molar-refractivity contribution in [2.24, 2.45) is 5.73 Å². The maximum atomic E-state index is 10.4. The summed E-state index contributed by atoms with van der Waals surface area (Å²) >= 11 is 1.33. The van der Waals surface area contributed by atoms with Crippen LogP contribution in [-0.4, -0.2) is 53.0 Å². The molecule has 0 radical (unpaired) electrons. The number of aliphatic hydroxyl groups is 1. The molecule has 0 fully saturated rings. The summed E-state index contributed by atoms with van der Waals surface area (Å²) in [4.78, 5) is 10.4. The maximum absolute atomic E-state index is 10.4. The Morgan fingerprint density at radius 2 is 2.19 bits per heavy atom. The van der Waals surface area contributed by atoms with Crippen LogP contribution in [0.25, 0.3) is 0 Å². The molecular weight excluding hydrogens is 230 g/mol. The van der Waals surface area contributed by atoms with E-state index in [0.29, 0.717) is 24.7 Å². The predicted molar refractivity (Wildman–Crippen MR) is 64.7 cm³/mol. The Labute approximate surface area is 100 Å². The largest absolute Gasteiger partial charge is 0.480 e. The number of ether oxygens (including phenoxy) is 1. The first-order valence-electron chi connectivity index (χ1n) is 5.39. The van der Waals surface area contributed by atoms with Gasteiger partial charge in [-0.1, -0.05) is 13.3 Å². The summed E-state index contributed by atoms with van der Waals surface area (Å²) in [7, 11) is 0. The zero-order valence-corrected chi connectivity index (χ0v) is 10.4. The number of aliphatic carboxylic acids is 1. The molecule has 0 aromatic heterocycles. The van der Waals surface area contributed by atoms with Crippen LogP contribution >= 0.6 is 11.8 Å². The van der Waals surface area contributed by atoms with E-state index in [-0.39, 0.29) is 0 Å². The van der Waals surface area contributed by atoms with Crippen molar-refractivity contribution in [3.63, 3.8) is 0 Å². The van der Waals surface area contributed by atoms with Crippen molar-refractivity contribution in [3.8, 4) is 0 Å². The van der Waals surface area contributed by atoms with Gasteiger partial charge in [-0.25, -0.2) is 0 Å². The molecule has 0 spiro atoms. The van der Waals surface area contributed by atoms with Crippen molar-refractivity contribution in [1.29, 1.82) is 0 Å². The molecule has 0 aliphatic heterocycles. The molecule has 0 heterocycles. The van der Waals surface area contributed by atoms with Gasteiger partial charge in [-0.2, -0.15) is 11.8 Å². The highest BCUT2D eigenvalue weighted by Gasteiger charge is 2.12. The standard InChI is InChI=1S/C10H21NO4S/c1-2-3-4-15-5-8(12)6-16-7-9(11)10(13)14/h8-9,12H,2-7,11H2,1H3,(H,13,14)/t8?,9-/m1/s1. The minimum Gasteiger partial charge on any atom is -0.480 e. The number of hydrogen-bond donors (Lipinski definition) is 3. The SMILES string of the molecule is CCCCOCC(O)CSC[C@@H](N)C(=O)O. The molecule has 0 bridgehead atoms. The second kappa shape index (κ2) is 9.89. The lowest BCUT2D eigenvalue weighted by atomic mass is 10.3. The zero-order valence-electron chi connectivity index (χ0n) is 9.59. The molecule has 96 valence electrons. The third-order valence-electron chi connectivity index (χ3n) is 1.88. The fraction of sp³-hybridized carbons (Fsp3) is 0.900. The third-order valence-corrected chi connectivity index (χ3v) is 3.09. The van der Waals surface area contributed by atoms with Crippen molar-refractivity contribution in [2.75, 3.05) is 24.7 Å². The van der Waals surface area contributed by atoms with E-state index in [1.807, 2.05) is 0 Å². The summed E-state index contributed by atoms with van der Waals surface area (Å²) < 4.78 is 5.23. The van der Waals surface area contributed by atoms with E-state index in [2.05, 4.69) is 6.92 Å². The highest BCUT2D eigenvalue weighted by atomic mass is 32.2.